The number of phenols is 1. The zero-order valence-corrected chi connectivity index (χ0v) is 7.31. The van der Waals surface area contributed by atoms with Crippen LogP contribution in [0.15, 0.2) is 12.1 Å². The Morgan fingerprint density at radius 2 is 1.75 bits per heavy atom. The Morgan fingerprint density at radius 3 is 2.25 bits per heavy atom. The third-order valence-electron chi connectivity index (χ3n) is 1.46. The van der Waals surface area contributed by atoms with Crippen molar-refractivity contribution >= 4 is 5.97 Å². The Balaban J connectivity index is 3.00. The first kappa shape index (κ1) is 12.2. The maximum Gasteiger partial charge on any atom is 0.491 e. The minimum Gasteiger partial charge on any atom is -0.505 e. The first-order valence-corrected chi connectivity index (χ1v) is 3.69. The molecule has 0 heterocycles. The van der Waals surface area contributed by atoms with E-state index in [2.05, 4.69) is 4.74 Å². The van der Waals surface area contributed by atoms with Gasteiger partial charge in [-0.3, -0.25) is 0 Å². The second kappa shape index (κ2) is 3.95. The van der Waals surface area contributed by atoms with Gasteiger partial charge in [-0.2, -0.15) is 22.0 Å². The predicted octanol–water partition coefficient (Wildman–Crippen LogP) is 2.14. The summed E-state index contributed by atoms with van der Waals surface area (Å²) in [7, 11) is 0. The lowest BCUT2D eigenvalue weighted by molar-refractivity contribution is -0.189. The summed E-state index contributed by atoms with van der Waals surface area (Å²) >= 11 is 0. The van der Waals surface area contributed by atoms with Crippen LogP contribution in [-0.2, 0) is 4.79 Å². The third kappa shape index (κ3) is 2.38. The Morgan fingerprint density at radius 1 is 1.19 bits per heavy atom. The highest BCUT2D eigenvalue weighted by Gasteiger charge is 2.42. The van der Waals surface area contributed by atoms with Gasteiger partial charge in [-0.05, 0) is 12.1 Å². The highest BCUT2D eigenvalue weighted by atomic mass is 19.4. The molecule has 1 N–H and O–H groups in total. The summed E-state index contributed by atoms with van der Waals surface area (Å²) in [6, 6.07) is 1.05. The summed E-state index contributed by atoms with van der Waals surface area (Å²) in [6.07, 6.45) is -5.32. The van der Waals surface area contributed by atoms with Gasteiger partial charge in [0.1, 0.15) is 0 Å². The van der Waals surface area contributed by atoms with Gasteiger partial charge >= 0.3 is 12.1 Å². The molecule has 0 radical (unpaired) electrons. The molecule has 3 nitrogen and oxygen atoms in total. The molecule has 1 aromatic carbocycles. The molecular formula is C8H3F5O3. The van der Waals surface area contributed by atoms with Crippen molar-refractivity contribution in [1.82, 2.24) is 0 Å². The van der Waals surface area contributed by atoms with Gasteiger partial charge in [0.2, 0.25) is 11.6 Å². The number of alkyl halides is 3. The van der Waals surface area contributed by atoms with E-state index in [0.717, 1.165) is 0 Å². The number of ether oxygens (including phenoxy) is 1. The molecule has 0 bridgehead atoms. The van der Waals surface area contributed by atoms with E-state index in [-0.39, 0.29) is 0 Å². The number of rotatable bonds is 1. The van der Waals surface area contributed by atoms with Crippen molar-refractivity contribution in [1.29, 1.82) is 0 Å². The lowest BCUT2D eigenvalue weighted by Crippen LogP contribution is -2.28. The minimum atomic E-state index is -5.32. The Hall–Kier alpha value is -1.86. The summed E-state index contributed by atoms with van der Waals surface area (Å²) in [5, 5.41) is 8.64. The second-order valence-corrected chi connectivity index (χ2v) is 2.60. The summed E-state index contributed by atoms with van der Waals surface area (Å²) in [5.74, 6) is -8.72. The molecule has 0 aliphatic carbocycles. The summed E-state index contributed by atoms with van der Waals surface area (Å²) in [4.78, 5) is 10.3. The first-order chi connectivity index (χ1) is 7.23. The molecule has 0 fully saturated rings. The first-order valence-electron chi connectivity index (χ1n) is 3.69. The zero-order valence-electron chi connectivity index (χ0n) is 7.31. The SMILES string of the molecule is O=C(Oc1ccc(O)c(F)c1F)C(F)(F)F. The molecule has 1 aromatic rings. The van der Waals surface area contributed by atoms with Crippen molar-refractivity contribution in [3.8, 4) is 11.5 Å². The molecule has 0 spiro atoms. The smallest absolute Gasteiger partial charge is 0.491 e. The van der Waals surface area contributed by atoms with Gasteiger partial charge in [0.15, 0.2) is 11.5 Å². The summed E-state index contributed by atoms with van der Waals surface area (Å²) in [5.41, 5.74) is 0. The van der Waals surface area contributed by atoms with Crippen molar-refractivity contribution in [3.63, 3.8) is 0 Å². The van der Waals surface area contributed by atoms with Crippen LogP contribution < -0.4 is 4.74 Å². The van der Waals surface area contributed by atoms with Crippen LogP contribution in [0, 0.1) is 11.6 Å². The number of phenolic OH excluding ortho intramolecular Hbond substituents is 1. The van der Waals surface area contributed by atoms with Gasteiger partial charge in [-0.15, -0.1) is 0 Å². The number of hydrogen-bond acceptors (Lipinski definition) is 3. The van der Waals surface area contributed by atoms with Gasteiger partial charge < -0.3 is 9.84 Å². The number of benzene rings is 1. The lowest BCUT2D eigenvalue weighted by atomic mass is 10.3. The van der Waals surface area contributed by atoms with Gasteiger partial charge in [-0.1, -0.05) is 0 Å². The predicted molar refractivity (Wildman–Crippen MR) is 39.7 cm³/mol. The van der Waals surface area contributed by atoms with Crippen LogP contribution in [0.5, 0.6) is 11.5 Å². The molecule has 16 heavy (non-hydrogen) atoms. The maximum absolute atomic E-state index is 12.8. The van der Waals surface area contributed by atoms with Crippen LogP contribution in [0.2, 0.25) is 0 Å². The van der Waals surface area contributed by atoms with E-state index in [0.29, 0.717) is 12.1 Å². The number of carbonyl (C=O) groups excluding carboxylic acids is 1. The number of esters is 1. The Kier molecular flexibility index (Phi) is 3.02. The molecule has 0 saturated heterocycles. The van der Waals surface area contributed by atoms with E-state index >= 15 is 0 Å². The van der Waals surface area contributed by atoms with E-state index in [1.807, 2.05) is 0 Å². The van der Waals surface area contributed by atoms with E-state index < -0.39 is 35.3 Å². The third-order valence-corrected chi connectivity index (χ3v) is 1.46. The van der Waals surface area contributed by atoms with Crippen LogP contribution in [-0.4, -0.2) is 17.3 Å². The number of hydrogen-bond donors (Lipinski definition) is 1. The van der Waals surface area contributed by atoms with Crippen LogP contribution in [0.4, 0.5) is 22.0 Å². The molecule has 0 unspecified atom stereocenters. The van der Waals surface area contributed by atoms with Crippen molar-refractivity contribution in [2.24, 2.45) is 0 Å². The average Bonchev–Trinajstić information content (AvgIpc) is 2.17. The molecular weight excluding hydrogens is 239 g/mol. The number of aromatic hydroxyl groups is 1. The van der Waals surface area contributed by atoms with Gasteiger partial charge in [0.05, 0.1) is 0 Å². The van der Waals surface area contributed by atoms with Crippen LogP contribution >= 0.6 is 0 Å². The van der Waals surface area contributed by atoms with E-state index in [9.17, 15) is 26.7 Å². The molecule has 0 amide bonds. The topological polar surface area (TPSA) is 46.5 Å². The average molecular weight is 242 g/mol. The molecule has 0 aromatic heterocycles. The highest BCUT2D eigenvalue weighted by molar-refractivity contribution is 5.78. The Bertz CT molecular complexity index is 426. The van der Waals surface area contributed by atoms with Crippen LogP contribution in [0.3, 0.4) is 0 Å². The summed E-state index contributed by atoms with van der Waals surface area (Å²) in [6.45, 7) is 0. The van der Waals surface area contributed by atoms with Crippen LogP contribution in [0.25, 0.3) is 0 Å². The zero-order chi connectivity index (χ0) is 12.5. The maximum atomic E-state index is 12.8. The van der Waals surface area contributed by atoms with Crippen molar-refractivity contribution < 1.29 is 36.6 Å². The minimum absolute atomic E-state index is 0.497. The molecule has 88 valence electrons. The molecule has 0 saturated carbocycles. The van der Waals surface area contributed by atoms with Crippen LogP contribution in [0.1, 0.15) is 0 Å². The monoisotopic (exact) mass is 242 g/mol. The quantitative estimate of drug-likeness (QED) is 0.466. The standard InChI is InChI=1S/C8H3F5O3/c9-5-3(14)1-2-4(6(5)10)16-7(15)8(11,12)13/h1-2,14H. The summed E-state index contributed by atoms with van der Waals surface area (Å²) < 4.78 is 64.1. The van der Waals surface area contributed by atoms with E-state index in [1.165, 1.54) is 0 Å². The fourth-order valence-corrected chi connectivity index (χ4v) is 0.758. The fraction of sp³-hybridized carbons (Fsp3) is 0.125. The molecule has 1 rings (SSSR count). The van der Waals surface area contributed by atoms with E-state index in [1.54, 1.807) is 0 Å². The van der Waals surface area contributed by atoms with E-state index in [4.69, 9.17) is 5.11 Å². The highest BCUT2D eigenvalue weighted by Crippen LogP contribution is 2.28. The molecule has 0 aliphatic heterocycles. The second-order valence-electron chi connectivity index (χ2n) is 2.60. The molecule has 0 atom stereocenters. The lowest BCUT2D eigenvalue weighted by Gasteiger charge is -2.08. The van der Waals surface area contributed by atoms with Crippen molar-refractivity contribution in [2.75, 3.05) is 0 Å². The van der Waals surface area contributed by atoms with Gasteiger partial charge in [-0.25, -0.2) is 4.79 Å². The number of halogens is 5. The Labute approximate surface area is 85.1 Å². The number of carbonyl (C=O) groups is 1. The van der Waals surface area contributed by atoms with Crippen molar-refractivity contribution in [3.05, 3.63) is 23.8 Å². The van der Waals surface area contributed by atoms with Gasteiger partial charge in [0.25, 0.3) is 0 Å². The fourth-order valence-electron chi connectivity index (χ4n) is 0.758. The largest absolute Gasteiger partial charge is 0.505 e. The van der Waals surface area contributed by atoms with Gasteiger partial charge in [0, 0.05) is 0 Å². The van der Waals surface area contributed by atoms with Crippen molar-refractivity contribution in [2.45, 2.75) is 6.18 Å². The molecule has 8 heteroatoms. The normalized spacial score (nSPS) is 11.3. The molecule has 0 aliphatic rings.